The second kappa shape index (κ2) is 7.31. The highest BCUT2D eigenvalue weighted by Crippen LogP contribution is 2.31. The van der Waals surface area contributed by atoms with Gasteiger partial charge in [0.1, 0.15) is 12.4 Å². The van der Waals surface area contributed by atoms with Gasteiger partial charge in [-0.1, -0.05) is 18.2 Å². The van der Waals surface area contributed by atoms with E-state index in [1.807, 2.05) is 43.3 Å². The molecule has 0 saturated carbocycles. The van der Waals surface area contributed by atoms with Crippen LogP contribution < -0.4 is 9.47 Å². The molecule has 0 aliphatic carbocycles. The molecule has 1 N–H and O–H groups in total. The highest BCUT2D eigenvalue weighted by molar-refractivity contribution is 5.82. The van der Waals surface area contributed by atoms with E-state index < -0.39 is 6.10 Å². The number of aromatic nitrogens is 2. The van der Waals surface area contributed by atoms with E-state index in [0.29, 0.717) is 31.0 Å². The Balaban J connectivity index is 1.41. The number of carbonyl (C=O) groups is 1. The molecule has 27 heavy (non-hydrogen) atoms. The number of aryl methyl sites for hydroxylation is 1. The Labute approximate surface area is 158 Å². The second-order valence-electron chi connectivity index (χ2n) is 6.74. The Bertz CT molecular complexity index is 966. The van der Waals surface area contributed by atoms with Crippen LogP contribution in [0.2, 0.25) is 0 Å². The third-order valence-corrected chi connectivity index (χ3v) is 4.78. The largest absolute Gasteiger partial charge is 0.485 e. The van der Waals surface area contributed by atoms with Crippen molar-refractivity contribution in [1.82, 2.24) is 14.9 Å². The van der Waals surface area contributed by atoms with Crippen molar-refractivity contribution in [2.75, 3.05) is 19.7 Å². The normalized spacial score (nSPS) is 15.7. The van der Waals surface area contributed by atoms with Crippen molar-refractivity contribution in [3.05, 3.63) is 53.9 Å². The fourth-order valence-corrected chi connectivity index (χ4v) is 3.30. The van der Waals surface area contributed by atoms with Gasteiger partial charge in [-0.25, -0.2) is 4.98 Å². The minimum absolute atomic E-state index is 0.0565. The van der Waals surface area contributed by atoms with Gasteiger partial charge < -0.3 is 19.4 Å². The summed E-state index contributed by atoms with van der Waals surface area (Å²) in [6.45, 7) is 5.45. The van der Waals surface area contributed by atoms with Crippen molar-refractivity contribution in [3.63, 3.8) is 0 Å². The van der Waals surface area contributed by atoms with E-state index in [0.717, 1.165) is 16.9 Å². The van der Waals surface area contributed by atoms with Crippen LogP contribution in [0.1, 0.15) is 18.3 Å². The lowest BCUT2D eigenvalue weighted by atomic mass is 10.2. The number of carbonyl (C=O) groups excluding carboxylic acids is 1. The van der Waals surface area contributed by atoms with E-state index in [9.17, 15) is 4.79 Å². The summed E-state index contributed by atoms with van der Waals surface area (Å²) >= 11 is 0. The number of hydrogen-bond acceptors (Lipinski definition) is 4. The van der Waals surface area contributed by atoms with E-state index in [-0.39, 0.29) is 12.5 Å². The van der Waals surface area contributed by atoms with Crippen molar-refractivity contribution in [2.45, 2.75) is 26.4 Å². The van der Waals surface area contributed by atoms with Crippen molar-refractivity contribution in [2.24, 2.45) is 0 Å². The number of hydrogen-bond donors (Lipinski definition) is 1. The van der Waals surface area contributed by atoms with Gasteiger partial charge in [0.2, 0.25) is 6.10 Å². The van der Waals surface area contributed by atoms with Crippen LogP contribution in [0, 0.1) is 6.92 Å². The van der Waals surface area contributed by atoms with Crippen LogP contribution in [0.5, 0.6) is 11.5 Å². The molecule has 0 radical (unpaired) electrons. The SMILES string of the molecule is CCN(CCc1nc2ccc(C)cc2[nH]1)C(=O)[C@@H]1COc2ccccc2O1. The summed E-state index contributed by atoms with van der Waals surface area (Å²) in [6.07, 6.45) is 0.0514. The Morgan fingerprint density at radius 2 is 2.07 bits per heavy atom. The maximum atomic E-state index is 12.9. The number of amides is 1. The smallest absolute Gasteiger partial charge is 0.267 e. The maximum absolute atomic E-state index is 12.9. The lowest BCUT2D eigenvalue weighted by Gasteiger charge is -2.30. The third-order valence-electron chi connectivity index (χ3n) is 4.78. The number of benzene rings is 2. The molecule has 140 valence electrons. The number of nitrogens with zero attached hydrogens (tertiary/aromatic N) is 2. The molecule has 1 atom stereocenters. The zero-order chi connectivity index (χ0) is 18.8. The van der Waals surface area contributed by atoms with Gasteiger partial charge in [-0.05, 0) is 43.7 Å². The molecule has 1 aliphatic rings. The first-order valence-corrected chi connectivity index (χ1v) is 9.26. The molecule has 0 spiro atoms. The number of aromatic amines is 1. The summed E-state index contributed by atoms with van der Waals surface area (Å²) in [5.74, 6) is 2.12. The molecular formula is C21H23N3O3. The summed E-state index contributed by atoms with van der Waals surface area (Å²) in [5, 5.41) is 0. The highest BCUT2D eigenvalue weighted by atomic mass is 16.6. The fourth-order valence-electron chi connectivity index (χ4n) is 3.30. The Kier molecular flexibility index (Phi) is 4.71. The molecule has 1 amide bonds. The van der Waals surface area contributed by atoms with Gasteiger partial charge in [0.05, 0.1) is 11.0 Å². The van der Waals surface area contributed by atoms with E-state index in [1.165, 1.54) is 5.56 Å². The van der Waals surface area contributed by atoms with Crippen molar-refractivity contribution >= 4 is 16.9 Å². The van der Waals surface area contributed by atoms with Crippen LogP contribution in [0.3, 0.4) is 0 Å². The second-order valence-corrected chi connectivity index (χ2v) is 6.74. The maximum Gasteiger partial charge on any atom is 0.267 e. The van der Waals surface area contributed by atoms with Crippen LogP contribution in [0.25, 0.3) is 11.0 Å². The number of H-pyrrole nitrogens is 1. The molecule has 6 heteroatoms. The molecule has 4 rings (SSSR count). The highest BCUT2D eigenvalue weighted by Gasteiger charge is 2.30. The lowest BCUT2D eigenvalue weighted by Crippen LogP contribution is -2.47. The minimum Gasteiger partial charge on any atom is -0.485 e. The van der Waals surface area contributed by atoms with Crippen LogP contribution in [-0.2, 0) is 11.2 Å². The van der Waals surface area contributed by atoms with Crippen LogP contribution in [0.4, 0.5) is 0 Å². The standard InChI is InChI=1S/C21H23N3O3/c1-3-24(11-10-20-22-15-9-8-14(2)12-16(15)23-20)21(25)19-13-26-17-6-4-5-7-18(17)27-19/h4-9,12,19H,3,10-11,13H2,1-2H3,(H,22,23)/t19-/m0/s1. The van der Waals surface area contributed by atoms with Gasteiger partial charge in [0.25, 0.3) is 5.91 Å². The van der Waals surface area contributed by atoms with E-state index in [1.54, 1.807) is 4.90 Å². The molecule has 0 fully saturated rings. The fraction of sp³-hybridized carbons (Fsp3) is 0.333. The zero-order valence-electron chi connectivity index (χ0n) is 15.6. The van der Waals surface area contributed by atoms with Crippen molar-refractivity contribution in [1.29, 1.82) is 0 Å². The number of para-hydroxylation sites is 2. The molecule has 2 heterocycles. The Hall–Kier alpha value is -3.02. The van der Waals surface area contributed by atoms with E-state index in [4.69, 9.17) is 9.47 Å². The first-order chi connectivity index (χ1) is 13.1. The number of fused-ring (bicyclic) bond motifs is 2. The number of likely N-dealkylation sites (N-methyl/N-ethyl adjacent to an activating group) is 1. The summed E-state index contributed by atoms with van der Waals surface area (Å²) in [6, 6.07) is 13.6. The van der Waals surface area contributed by atoms with Crippen LogP contribution >= 0.6 is 0 Å². The summed E-state index contributed by atoms with van der Waals surface area (Å²) in [7, 11) is 0. The zero-order valence-corrected chi connectivity index (χ0v) is 15.6. The number of ether oxygens (including phenoxy) is 2. The number of nitrogens with one attached hydrogen (secondary N) is 1. The summed E-state index contributed by atoms with van der Waals surface area (Å²) < 4.78 is 11.5. The van der Waals surface area contributed by atoms with E-state index in [2.05, 4.69) is 23.0 Å². The number of imidazole rings is 1. The molecule has 1 aromatic heterocycles. The monoisotopic (exact) mass is 365 g/mol. The predicted molar refractivity (Wildman–Crippen MR) is 103 cm³/mol. The average Bonchev–Trinajstić information content (AvgIpc) is 3.09. The molecule has 3 aromatic rings. The summed E-state index contributed by atoms with van der Waals surface area (Å²) in [4.78, 5) is 22.6. The van der Waals surface area contributed by atoms with Crippen LogP contribution in [-0.4, -0.2) is 46.6 Å². The minimum atomic E-state index is -0.613. The van der Waals surface area contributed by atoms with Gasteiger partial charge in [-0.15, -0.1) is 0 Å². The molecule has 1 aliphatic heterocycles. The molecule has 0 bridgehead atoms. The van der Waals surface area contributed by atoms with Gasteiger partial charge in [0, 0.05) is 19.5 Å². The van der Waals surface area contributed by atoms with Crippen LogP contribution in [0.15, 0.2) is 42.5 Å². The predicted octanol–water partition coefficient (Wildman–Crippen LogP) is 3.10. The molecule has 2 aromatic carbocycles. The average molecular weight is 365 g/mol. The lowest BCUT2D eigenvalue weighted by molar-refractivity contribution is -0.141. The van der Waals surface area contributed by atoms with Gasteiger partial charge in [-0.2, -0.15) is 0 Å². The topological polar surface area (TPSA) is 67.5 Å². The van der Waals surface area contributed by atoms with Gasteiger partial charge in [0.15, 0.2) is 11.5 Å². The molecular weight excluding hydrogens is 342 g/mol. The summed E-state index contributed by atoms with van der Waals surface area (Å²) in [5.41, 5.74) is 3.17. The Morgan fingerprint density at radius 1 is 1.26 bits per heavy atom. The first-order valence-electron chi connectivity index (χ1n) is 9.26. The van der Waals surface area contributed by atoms with Gasteiger partial charge in [-0.3, -0.25) is 4.79 Å². The van der Waals surface area contributed by atoms with E-state index >= 15 is 0 Å². The van der Waals surface area contributed by atoms with Crippen molar-refractivity contribution in [3.8, 4) is 11.5 Å². The quantitative estimate of drug-likeness (QED) is 0.754. The molecule has 6 nitrogen and oxygen atoms in total. The third kappa shape index (κ3) is 3.60. The number of rotatable bonds is 5. The molecule has 0 saturated heterocycles. The molecule has 0 unspecified atom stereocenters. The van der Waals surface area contributed by atoms with Crippen molar-refractivity contribution < 1.29 is 14.3 Å². The van der Waals surface area contributed by atoms with Gasteiger partial charge >= 0.3 is 0 Å². The first kappa shape index (κ1) is 17.4. The Morgan fingerprint density at radius 3 is 2.89 bits per heavy atom.